The van der Waals surface area contributed by atoms with E-state index in [0.717, 1.165) is 31.0 Å². The summed E-state index contributed by atoms with van der Waals surface area (Å²) < 4.78 is 44.1. The van der Waals surface area contributed by atoms with E-state index >= 15 is 0 Å². The van der Waals surface area contributed by atoms with Gasteiger partial charge >= 0.3 is 6.18 Å². The lowest BCUT2D eigenvalue weighted by molar-refractivity contribution is -0.138. The fraction of sp³-hybridized carbons (Fsp3) is 0.385. The van der Waals surface area contributed by atoms with Crippen LogP contribution in [0, 0.1) is 0 Å². The second-order valence-electron chi connectivity index (χ2n) is 9.29. The van der Waals surface area contributed by atoms with Crippen LogP contribution in [0.5, 0.6) is 0 Å². The molecule has 2 aliphatic heterocycles. The van der Waals surface area contributed by atoms with Crippen molar-refractivity contribution in [1.29, 1.82) is 0 Å². The Labute approximate surface area is 216 Å². The fourth-order valence-corrected chi connectivity index (χ4v) is 5.67. The molecular weight excluding hydrogens is 512 g/mol. The molecule has 1 aromatic heterocycles. The van der Waals surface area contributed by atoms with Gasteiger partial charge in [-0.2, -0.15) is 13.2 Å². The summed E-state index contributed by atoms with van der Waals surface area (Å²) in [6.07, 6.45) is 0.829. The zero-order valence-electron chi connectivity index (χ0n) is 19.6. The third kappa shape index (κ3) is 4.74. The SMILES string of the molecule is C[C@H](c1ccc(Cl)cc1Cl)n1cnc2cc(C(F)(F)F)c(C3=CCN(C(=O)[C@H]4CCCN4)CC3)cc21. The van der Waals surface area contributed by atoms with E-state index in [1.54, 1.807) is 35.2 Å². The van der Waals surface area contributed by atoms with E-state index in [1.165, 1.54) is 6.33 Å². The second-order valence-corrected chi connectivity index (χ2v) is 10.1. The van der Waals surface area contributed by atoms with Gasteiger partial charge in [0.05, 0.1) is 35.0 Å². The minimum atomic E-state index is -4.54. The number of nitrogens with one attached hydrogen (secondary N) is 1. The van der Waals surface area contributed by atoms with Crippen molar-refractivity contribution in [2.45, 2.75) is 44.4 Å². The van der Waals surface area contributed by atoms with E-state index in [9.17, 15) is 18.0 Å². The summed E-state index contributed by atoms with van der Waals surface area (Å²) in [6.45, 7) is 3.40. The number of carbonyl (C=O) groups is 1. The van der Waals surface area contributed by atoms with Gasteiger partial charge in [0.2, 0.25) is 5.91 Å². The molecule has 1 fully saturated rings. The van der Waals surface area contributed by atoms with Crippen LogP contribution in [0.4, 0.5) is 13.2 Å². The van der Waals surface area contributed by atoms with Gasteiger partial charge in [0.15, 0.2) is 0 Å². The van der Waals surface area contributed by atoms with Crippen LogP contribution < -0.4 is 5.32 Å². The summed E-state index contributed by atoms with van der Waals surface area (Å²) in [7, 11) is 0. The molecule has 0 saturated carbocycles. The average molecular weight is 537 g/mol. The minimum Gasteiger partial charge on any atom is -0.337 e. The molecule has 5 rings (SSSR count). The van der Waals surface area contributed by atoms with Crippen LogP contribution in [0.3, 0.4) is 0 Å². The lowest BCUT2D eigenvalue weighted by Gasteiger charge is -2.29. The highest BCUT2D eigenvalue weighted by molar-refractivity contribution is 6.35. The fourth-order valence-electron chi connectivity index (χ4n) is 5.10. The maximum atomic E-state index is 14.1. The molecule has 5 nitrogen and oxygen atoms in total. The summed E-state index contributed by atoms with van der Waals surface area (Å²) >= 11 is 12.4. The van der Waals surface area contributed by atoms with Crippen molar-refractivity contribution in [2.24, 2.45) is 0 Å². The molecule has 1 N–H and O–H groups in total. The van der Waals surface area contributed by atoms with Crippen LogP contribution in [-0.2, 0) is 11.0 Å². The standard InChI is InChI=1S/C26H25Cl2F3N4O/c1-15(18-5-4-17(27)11-21(18)28)35-14-33-23-13-20(26(29,30)31)19(12-24(23)35)16-6-9-34(10-7-16)25(36)22-3-2-8-32-22/h4-6,11-15,22,32H,2-3,7-10H2,1H3/t15-,22-/m1/s1. The van der Waals surface area contributed by atoms with E-state index in [1.807, 2.05) is 11.5 Å². The van der Waals surface area contributed by atoms with Crippen molar-refractivity contribution < 1.29 is 18.0 Å². The predicted molar refractivity (Wildman–Crippen MR) is 135 cm³/mol. The van der Waals surface area contributed by atoms with Gasteiger partial charge in [-0.3, -0.25) is 4.79 Å². The molecule has 0 aliphatic carbocycles. The van der Waals surface area contributed by atoms with E-state index in [2.05, 4.69) is 10.3 Å². The Hall–Kier alpha value is -2.55. The topological polar surface area (TPSA) is 50.2 Å². The molecule has 36 heavy (non-hydrogen) atoms. The van der Waals surface area contributed by atoms with Crippen LogP contribution in [0.1, 0.15) is 48.9 Å². The highest BCUT2D eigenvalue weighted by Crippen LogP contribution is 2.40. The Morgan fingerprint density at radius 1 is 1.22 bits per heavy atom. The zero-order chi connectivity index (χ0) is 25.6. The lowest BCUT2D eigenvalue weighted by Crippen LogP contribution is -2.45. The molecule has 10 heteroatoms. The number of carbonyl (C=O) groups excluding carboxylic acids is 1. The number of hydrogen-bond acceptors (Lipinski definition) is 3. The van der Waals surface area contributed by atoms with Crippen molar-refractivity contribution in [3.8, 4) is 0 Å². The van der Waals surface area contributed by atoms with Gasteiger partial charge in [-0.05, 0) is 73.7 Å². The normalized spacial score (nSPS) is 19.6. The summed E-state index contributed by atoms with van der Waals surface area (Å²) in [5, 5.41) is 4.17. The smallest absolute Gasteiger partial charge is 0.337 e. The first-order valence-corrected chi connectivity index (χ1v) is 12.6. The highest BCUT2D eigenvalue weighted by Gasteiger charge is 2.36. The molecule has 190 valence electrons. The number of aromatic nitrogens is 2. The second kappa shape index (κ2) is 9.72. The van der Waals surface area contributed by atoms with Gasteiger partial charge in [0.25, 0.3) is 0 Å². The first kappa shape index (κ1) is 25.1. The molecule has 0 spiro atoms. The number of alkyl halides is 3. The van der Waals surface area contributed by atoms with Crippen molar-refractivity contribution in [2.75, 3.05) is 19.6 Å². The van der Waals surface area contributed by atoms with E-state index in [4.69, 9.17) is 23.2 Å². The van der Waals surface area contributed by atoms with Crippen LogP contribution in [0.15, 0.2) is 42.7 Å². The van der Waals surface area contributed by atoms with Crippen LogP contribution >= 0.6 is 23.2 Å². The molecule has 1 saturated heterocycles. The van der Waals surface area contributed by atoms with Gasteiger partial charge in [-0.25, -0.2) is 4.98 Å². The van der Waals surface area contributed by atoms with Gasteiger partial charge in [0, 0.05) is 23.1 Å². The molecule has 3 aromatic rings. The maximum Gasteiger partial charge on any atom is 0.417 e. The predicted octanol–water partition coefficient (Wildman–Crippen LogP) is 6.34. The molecule has 1 amide bonds. The van der Waals surface area contributed by atoms with Crippen molar-refractivity contribution >= 4 is 45.7 Å². The first-order chi connectivity index (χ1) is 17.1. The van der Waals surface area contributed by atoms with Gasteiger partial charge in [-0.1, -0.05) is 35.3 Å². The first-order valence-electron chi connectivity index (χ1n) is 11.9. The van der Waals surface area contributed by atoms with Gasteiger partial charge < -0.3 is 14.8 Å². The molecule has 2 aliphatic rings. The Morgan fingerprint density at radius 3 is 2.67 bits per heavy atom. The molecule has 3 heterocycles. The lowest BCUT2D eigenvalue weighted by atomic mass is 9.93. The number of imidazole rings is 1. The number of benzene rings is 2. The summed E-state index contributed by atoms with van der Waals surface area (Å²) in [4.78, 5) is 18.7. The number of nitrogens with zero attached hydrogens (tertiary/aromatic N) is 3. The van der Waals surface area contributed by atoms with E-state index < -0.39 is 11.7 Å². The molecule has 2 aromatic carbocycles. The number of hydrogen-bond donors (Lipinski definition) is 1. The number of rotatable bonds is 4. The van der Waals surface area contributed by atoms with Gasteiger partial charge in [0.1, 0.15) is 0 Å². The number of amides is 1. The largest absolute Gasteiger partial charge is 0.417 e. The van der Waals surface area contributed by atoms with E-state index in [0.29, 0.717) is 34.1 Å². The van der Waals surface area contributed by atoms with Crippen LogP contribution in [0.25, 0.3) is 16.6 Å². The summed E-state index contributed by atoms with van der Waals surface area (Å²) in [6, 6.07) is 7.37. The Morgan fingerprint density at radius 2 is 2.03 bits per heavy atom. The zero-order valence-corrected chi connectivity index (χ0v) is 21.1. The molecule has 2 atom stereocenters. The average Bonchev–Trinajstić information content (AvgIpc) is 3.52. The highest BCUT2D eigenvalue weighted by atomic mass is 35.5. The van der Waals surface area contributed by atoms with Crippen LogP contribution in [0.2, 0.25) is 10.0 Å². The van der Waals surface area contributed by atoms with Crippen molar-refractivity contribution in [3.63, 3.8) is 0 Å². The Balaban J connectivity index is 1.52. The maximum absolute atomic E-state index is 14.1. The van der Waals surface area contributed by atoms with Crippen LogP contribution in [-0.4, -0.2) is 46.0 Å². The minimum absolute atomic E-state index is 0.0149. The Kier molecular flexibility index (Phi) is 6.78. The van der Waals surface area contributed by atoms with E-state index in [-0.39, 0.29) is 35.6 Å². The third-order valence-electron chi connectivity index (χ3n) is 7.07. The monoisotopic (exact) mass is 536 g/mol. The van der Waals surface area contributed by atoms with Crippen molar-refractivity contribution in [1.82, 2.24) is 19.8 Å². The summed E-state index contributed by atoms with van der Waals surface area (Å²) in [5.41, 5.74) is 1.60. The summed E-state index contributed by atoms with van der Waals surface area (Å²) in [5.74, 6) is 0.0149. The number of fused-ring (bicyclic) bond motifs is 1. The quantitative estimate of drug-likeness (QED) is 0.423. The van der Waals surface area contributed by atoms with Crippen molar-refractivity contribution in [3.05, 3.63) is 69.5 Å². The molecule has 0 unspecified atom stereocenters. The van der Waals surface area contributed by atoms with Gasteiger partial charge in [-0.15, -0.1) is 0 Å². The molecule has 0 bridgehead atoms. The molecule has 0 radical (unpaired) electrons. The number of halogens is 5. The Bertz CT molecular complexity index is 1340. The molecular formula is C26H25Cl2F3N4O. The third-order valence-corrected chi connectivity index (χ3v) is 7.64.